The number of carbonyl (C=O) groups is 1. The topological polar surface area (TPSA) is 60.0 Å². The second-order valence-corrected chi connectivity index (χ2v) is 8.38. The number of nitrogens with zero attached hydrogens (tertiary/aromatic N) is 1. The summed E-state index contributed by atoms with van der Waals surface area (Å²) in [5, 5.41) is 3.54. The fraction of sp³-hybridized carbons (Fsp3) is 0.542. The predicted molar refractivity (Wildman–Crippen MR) is 115 cm³/mol. The molecule has 3 unspecified atom stereocenters. The predicted octanol–water partition coefficient (Wildman–Crippen LogP) is 3.56. The van der Waals surface area contributed by atoms with E-state index in [4.69, 9.17) is 14.2 Å². The largest absolute Gasteiger partial charge is 0.497 e. The number of nitrogens with one attached hydrogen (secondary N) is 1. The van der Waals surface area contributed by atoms with Gasteiger partial charge in [-0.2, -0.15) is 0 Å². The van der Waals surface area contributed by atoms with Crippen molar-refractivity contribution in [1.82, 2.24) is 10.2 Å². The molecule has 2 aliphatic heterocycles. The van der Waals surface area contributed by atoms with Crippen molar-refractivity contribution in [3.05, 3.63) is 53.4 Å². The van der Waals surface area contributed by atoms with E-state index in [2.05, 4.69) is 23.5 Å². The molecular weight excluding hydrogens is 380 g/mol. The molecule has 162 valence electrons. The lowest BCUT2D eigenvalue weighted by molar-refractivity contribution is -0.129. The maximum absolute atomic E-state index is 13.4. The van der Waals surface area contributed by atoms with E-state index < -0.39 is 0 Å². The molecule has 6 nitrogen and oxygen atoms in total. The number of fused-ring (bicyclic) bond motifs is 1. The lowest BCUT2D eigenvalue weighted by atomic mass is 9.83. The highest BCUT2D eigenvalue weighted by atomic mass is 16.7. The zero-order valence-corrected chi connectivity index (χ0v) is 17.9. The van der Waals surface area contributed by atoms with Crippen molar-refractivity contribution in [2.45, 2.75) is 44.1 Å². The molecule has 1 amide bonds. The van der Waals surface area contributed by atoms with Crippen LogP contribution in [0.1, 0.15) is 43.6 Å². The first-order valence-corrected chi connectivity index (χ1v) is 10.9. The van der Waals surface area contributed by atoms with Crippen LogP contribution in [0, 0.1) is 5.92 Å². The number of allylic oxidation sites excluding steroid dienone is 4. The van der Waals surface area contributed by atoms with Crippen LogP contribution in [0.5, 0.6) is 5.75 Å². The Bertz CT molecular complexity index is 796. The number of ether oxygens (including phenoxy) is 3. The molecule has 0 aromatic heterocycles. The Balaban J connectivity index is 1.60. The van der Waals surface area contributed by atoms with Gasteiger partial charge in [-0.05, 0) is 61.6 Å². The SMILES string of the molecule is COCOC1=CC=C2C(C1)CC(c1ccc(OC)cc1)CC(=O)N2CC1CCCN1. The Morgan fingerprint density at radius 3 is 2.63 bits per heavy atom. The molecule has 4 rings (SSSR count). The molecule has 0 spiro atoms. The van der Waals surface area contributed by atoms with Crippen LogP contribution in [0.3, 0.4) is 0 Å². The second-order valence-electron chi connectivity index (χ2n) is 8.38. The van der Waals surface area contributed by atoms with Gasteiger partial charge in [0.05, 0.1) is 12.9 Å². The zero-order chi connectivity index (χ0) is 20.9. The lowest BCUT2D eigenvalue weighted by Crippen LogP contribution is -2.41. The Morgan fingerprint density at radius 1 is 1.10 bits per heavy atom. The van der Waals surface area contributed by atoms with Crippen molar-refractivity contribution in [2.24, 2.45) is 5.92 Å². The summed E-state index contributed by atoms with van der Waals surface area (Å²) in [6.45, 7) is 2.04. The molecule has 0 bridgehead atoms. The molecule has 1 aromatic rings. The minimum absolute atomic E-state index is 0.181. The molecule has 2 heterocycles. The highest BCUT2D eigenvalue weighted by Crippen LogP contribution is 2.41. The summed E-state index contributed by atoms with van der Waals surface area (Å²) < 4.78 is 16.1. The first-order chi connectivity index (χ1) is 14.7. The van der Waals surface area contributed by atoms with Gasteiger partial charge in [-0.3, -0.25) is 4.79 Å². The number of rotatable bonds is 7. The first-order valence-electron chi connectivity index (χ1n) is 10.9. The molecule has 30 heavy (non-hydrogen) atoms. The summed E-state index contributed by atoms with van der Waals surface area (Å²) in [5.41, 5.74) is 2.33. The average molecular weight is 413 g/mol. The van der Waals surface area contributed by atoms with Crippen LogP contribution in [0.2, 0.25) is 0 Å². The number of hydrogen-bond acceptors (Lipinski definition) is 5. The average Bonchev–Trinajstić information content (AvgIpc) is 3.24. The zero-order valence-electron chi connectivity index (χ0n) is 17.9. The van der Waals surface area contributed by atoms with Gasteiger partial charge < -0.3 is 24.4 Å². The van der Waals surface area contributed by atoms with Crippen LogP contribution in [0.15, 0.2) is 47.9 Å². The monoisotopic (exact) mass is 412 g/mol. The fourth-order valence-corrected chi connectivity index (χ4v) is 4.85. The summed E-state index contributed by atoms with van der Waals surface area (Å²) in [5.74, 6) is 2.41. The maximum Gasteiger partial charge on any atom is 0.227 e. The van der Waals surface area contributed by atoms with E-state index in [1.54, 1.807) is 14.2 Å². The van der Waals surface area contributed by atoms with Gasteiger partial charge in [0.1, 0.15) is 5.75 Å². The number of benzene rings is 1. The number of amides is 1. The van der Waals surface area contributed by atoms with Crippen LogP contribution in [0.25, 0.3) is 0 Å². The minimum atomic E-state index is 0.181. The van der Waals surface area contributed by atoms with Gasteiger partial charge in [0.2, 0.25) is 5.91 Å². The van der Waals surface area contributed by atoms with Gasteiger partial charge in [0.25, 0.3) is 0 Å². The number of methoxy groups -OCH3 is 2. The smallest absolute Gasteiger partial charge is 0.227 e. The molecule has 3 atom stereocenters. The van der Waals surface area contributed by atoms with Crippen LogP contribution in [-0.4, -0.2) is 51.0 Å². The van der Waals surface area contributed by atoms with Crippen molar-refractivity contribution < 1.29 is 19.0 Å². The molecule has 3 aliphatic rings. The van der Waals surface area contributed by atoms with Crippen molar-refractivity contribution in [1.29, 1.82) is 0 Å². The molecule has 0 radical (unpaired) electrons. The van der Waals surface area contributed by atoms with Crippen LogP contribution < -0.4 is 10.1 Å². The van der Waals surface area contributed by atoms with E-state index in [1.807, 2.05) is 23.1 Å². The Morgan fingerprint density at radius 2 is 1.93 bits per heavy atom. The standard InChI is InChI=1S/C24H32N2O4/c1-28-16-30-22-9-10-23-19(13-22)12-18(17-5-7-21(29-2)8-6-17)14-24(27)26(23)15-20-4-3-11-25-20/h5-10,18-20,25H,3-4,11-16H2,1-2H3. The van der Waals surface area contributed by atoms with Crippen LogP contribution in [0.4, 0.5) is 0 Å². The van der Waals surface area contributed by atoms with E-state index in [0.29, 0.717) is 12.5 Å². The third kappa shape index (κ3) is 4.71. The van der Waals surface area contributed by atoms with E-state index in [1.165, 1.54) is 12.0 Å². The van der Waals surface area contributed by atoms with Crippen LogP contribution in [-0.2, 0) is 14.3 Å². The molecule has 0 saturated carbocycles. The maximum atomic E-state index is 13.4. The van der Waals surface area contributed by atoms with Crippen molar-refractivity contribution in [3.63, 3.8) is 0 Å². The van der Waals surface area contributed by atoms with E-state index in [9.17, 15) is 4.79 Å². The molecule has 2 fully saturated rings. The van der Waals surface area contributed by atoms with Gasteiger partial charge in [0, 0.05) is 44.2 Å². The highest BCUT2D eigenvalue weighted by molar-refractivity contribution is 5.80. The van der Waals surface area contributed by atoms with Crippen LogP contribution >= 0.6 is 0 Å². The van der Waals surface area contributed by atoms with E-state index in [0.717, 1.165) is 49.6 Å². The van der Waals surface area contributed by atoms with Gasteiger partial charge >= 0.3 is 0 Å². The lowest BCUT2D eigenvalue weighted by Gasteiger charge is -2.32. The highest BCUT2D eigenvalue weighted by Gasteiger charge is 2.37. The molecule has 1 N–H and O–H groups in total. The van der Waals surface area contributed by atoms with Crippen molar-refractivity contribution in [3.8, 4) is 5.75 Å². The van der Waals surface area contributed by atoms with Gasteiger partial charge in [0.15, 0.2) is 6.79 Å². The second kappa shape index (κ2) is 9.67. The van der Waals surface area contributed by atoms with Gasteiger partial charge in [-0.1, -0.05) is 12.1 Å². The summed E-state index contributed by atoms with van der Waals surface area (Å²) in [4.78, 5) is 15.4. The molecular formula is C24H32N2O4. The Labute approximate surface area is 178 Å². The summed E-state index contributed by atoms with van der Waals surface area (Å²) in [6, 6.07) is 8.53. The quantitative estimate of drug-likeness (QED) is 0.694. The Hall–Kier alpha value is -2.31. The number of carbonyl (C=O) groups excluding carboxylic acids is 1. The minimum Gasteiger partial charge on any atom is -0.497 e. The van der Waals surface area contributed by atoms with E-state index >= 15 is 0 Å². The molecule has 1 aromatic carbocycles. The first kappa shape index (κ1) is 20.9. The number of likely N-dealkylation sites (tertiary alicyclic amines) is 1. The number of hydrogen-bond donors (Lipinski definition) is 1. The summed E-state index contributed by atoms with van der Waals surface area (Å²) in [7, 11) is 3.30. The fourth-order valence-electron chi connectivity index (χ4n) is 4.85. The third-order valence-electron chi connectivity index (χ3n) is 6.42. The van der Waals surface area contributed by atoms with E-state index in [-0.39, 0.29) is 24.5 Å². The van der Waals surface area contributed by atoms with Crippen molar-refractivity contribution in [2.75, 3.05) is 34.1 Å². The summed E-state index contributed by atoms with van der Waals surface area (Å²) in [6.07, 6.45) is 8.64. The molecule has 2 saturated heterocycles. The molecule has 6 heteroatoms. The van der Waals surface area contributed by atoms with Gasteiger partial charge in [-0.25, -0.2) is 0 Å². The van der Waals surface area contributed by atoms with Crippen molar-refractivity contribution >= 4 is 5.91 Å². The Kier molecular flexibility index (Phi) is 6.75. The summed E-state index contributed by atoms with van der Waals surface area (Å²) >= 11 is 0. The molecule has 1 aliphatic carbocycles. The van der Waals surface area contributed by atoms with Gasteiger partial charge in [-0.15, -0.1) is 0 Å². The third-order valence-corrected chi connectivity index (χ3v) is 6.42. The normalized spacial score (nSPS) is 26.5.